The third-order valence-electron chi connectivity index (χ3n) is 11.1. The molecule has 0 N–H and O–H groups in total. The van der Waals surface area contributed by atoms with E-state index in [0.29, 0.717) is 47.9 Å². The SMILES string of the molecule is C=C(C)[C@@H]1CCC(C)=C[C@H]1c1c(OC(=O)CCCc2ccc(N(CCCl)CCCl)cc2)cc(CCCCC)cc1OC(=O)CCCc1ccc(N(CCCl)CCCl)cc1. The Bertz CT molecular complexity index is 1680. The zero-order valence-electron chi connectivity index (χ0n) is 35.4. The molecule has 59 heavy (non-hydrogen) atoms. The fourth-order valence-corrected chi connectivity index (χ4v) is 8.71. The molecule has 0 fully saturated rings. The molecule has 0 aromatic heterocycles. The number of hydrogen-bond acceptors (Lipinski definition) is 6. The molecule has 322 valence electrons. The van der Waals surface area contributed by atoms with Crippen molar-refractivity contribution >= 4 is 69.7 Å². The smallest absolute Gasteiger partial charge is 0.311 e. The van der Waals surface area contributed by atoms with Crippen molar-refractivity contribution in [1.29, 1.82) is 0 Å². The summed E-state index contributed by atoms with van der Waals surface area (Å²) >= 11 is 24.1. The largest absolute Gasteiger partial charge is 0.426 e. The maximum atomic E-state index is 13.7. The Morgan fingerprint density at radius 3 is 1.53 bits per heavy atom. The van der Waals surface area contributed by atoms with Crippen molar-refractivity contribution in [2.75, 3.05) is 59.5 Å². The number of hydrogen-bond donors (Lipinski definition) is 0. The molecular formula is C49H64Cl4N2O4. The molecule has 0 aliphatic heterocycles. The molecule has 1 aliphatic rings. The van der Waals surface area contributed by atoms with Crippen molar-refractivity contribution in [2.45, 2.75) is 104 Å². The fraction of sp³-hybridized carbons (Fsp3) is 0.510. The van der Waals surface area contributed by atoms with E-state index in [-0.39, 0.29) is 36.6 Å². The zero-order chi connectivity index (χ0) is 42.6. The van der Waals surface area contributed by atoms with Gasteiger partial charge < -0.3 is 19.3 Å². The monoisotopic (exact) mass is 884 g/mol. The summed E-state index contributed by atoms with van der Waals surface area (Å²) in [5.74, 6) is 2.43. The first-order chi connectivity index (χ1) is 28.6. The summed E-state index contributed by atoms with van der Waals surface area (Å²) in [7, 11) is 0. The number of esters is 2. The molecule has 10 heteroatoms. The number of aryl methyl sites for hydroxylation is 3. The average molecular weight is 887 g/mol. The van der Waals surface area contributed by atoms with Crippen LogP contribution in [0.2, 0.25) is 0 Å². The molecule has 1 aliphatic carbocycles. The van der Waals surface area contributed by atoms with Crippen LogP contribution in [0.15, 0.2) is 84.5 Å². The van der Waals surface area contributed by atoms with Gasteiger partial charge in [-0.1, -0.05) is 67.8 Å². The number of nitrogens with zero attached hydrogens (tertiary/aromatic N) is 2. The normalized spacial score (nSPS) is 15.1. The molecule has 3 aromatic carbocycles. The Labute approximate surface area is 374 Å². The minimum absolute atomic E-state index is 0.111. The van der Waals surface area contributed by atoms with Crippen molar-refractivity contribution in [3.8, 4) is 11.5 Å². The molecule has 0 saturated heterocycles. The van der Waals surface area contributed by atoms with Crippen LogP contribution in [-0.2, 0) is 28.9 Å². The fourth-order valence-electron chi connectivity index (χ4n) is 7.90. The summed E-state index contributed by atoms with van der Waals surface area (Å²) in [6, 6.07) is 20.7. The van der Waals surface area contributed by atoms with Gasteiger partial charge in [-0.25, -0.2) is 0 Å². The first-order valence-electron chi connectivity index (χ1n) is 21.4. The van der Waals surface area contributed by atoms with Gasteiger partial charge in [-0.3, -0.25) is 9.59 Å². The Balaban J connectivity index is 1.54. The van der Waals surface area contributed by atoms with Gasteiger partial charge in [0.25, 0.3) is 0 Å². The highest BCUT2D eigenvalue weighted by molar-refractivity contribution is 6.19. The second kappa shape index (κ2) is 26.2. The lowest BCUT2D eigenvalue weighted by atomic mass is 9.73. The van der Waals surface area contributed by atoms with E-state index in [4.69, 9.17) is 55.9 Å². The molecule has 3 aromatic rings. The average Bonchev–Trinajstić information content (AvgIpc) is 3.21. The number of benzene rings is 3. The second-order valence-corrected chi connectivity index (χ2v) is 17.2. The van der Waals surface area contributed by atoms with Crippen LogP contribution in [0.5, 0.6) is 11.5 Å². The number of ether oxygens (including phenoxy) is 2. The Morgan fingerprint density at radius 2 is 1.12 bits per heavy atom. The number of carbonyl (C=O) groups is 2. The summed E-state index contributed by atoms with van der Waals surface area (Å²) in [6.45, 7) is 13.6. The summed E-state index contributed by atoms with van der Waals surface area (Å²) in [4.78, 5) is 31.7. The number of alkyl halides is 4. The Kier molecular flexibility index (Phi) is 21.6. The van der Waals surface area contributed by atoms with Gasteiger partial charge in [-0.05, 0) is 124 Å². The van der Waals surface area contributed by atoms with Gasteiger partial charge in [0.05, 0.1) is 0 Å². The van der Waals surface area contributed by atoms with Crippen LogP contribution in [0.3, 0.4) is 0 Å². The highest BCUT2D eigenvalue weighted by Crippen LogP contribution is 2.47. The molecule has 0 heterocycles. The van der Waals surface area contributed by atoms with E-state index in [1.54, 1.807) is 0 Å². The van der Waals surface area contributed by atoms with Gasteiger partial charge >= 0.3 is 11.9 Å². The summed E-state index contributed by atoms with van der Waals surface area (Å²) in [5, 5.41) is 0. The lowest BCUT2D eigenvalue weighted by molar-refractivity contribution is -0.134. The van der Waals surface area contributed by atoms with Crippen LogP contribution < -0.4 is 19.3 Å². The van der Waals surface area contributed by atoms with Gasteiger partial charge in [0, 0.05) is 85.4 Å². The molecule has 4 rings (SSSR count). The van der Waals surface area contributed by atoms with E-state index in [1.165, 1.54) is 5.57 Å². The second-order valence-electron chi connectivity index (χ2n) is 15.7. The molecule has 0 bridgehead atoms. The highest BCUT2D eigenvalue weighted by atomic mass is 35.5. The van der Waals surface area contributed by atoms with Crippen LogP contribution in [0, 0.1) is 5.92 Å². The number of rotatable bonds is 26. The minimum Gasteiger partial charge on any atom is -0.426 e. The van der Waals surface area contributed by atoms with Crippen LogP contribution in [0.25, 0.3) is 0 Å². The number of anilines is 2. The number of halogens is 4. The van der Waals surface area contributed by atoms with Crippen molar-refractivity contribution in [2.24, 2.45) is 5.92 Å². The highest BCUT2D eigenvalue weighted by Gasteiger charge is 2.32. The summed E-state index contributed by atoms with van der Waals surface area (Å²) in [6.07, 6.45) is 11.3. The van der Waals surface area contributed by atoms with E-state index in [9.17, 15) is 9.59 Å². The molecule has 6 nitrogen and oxygen atoms in total. The molecule has 0 amide bonds. The third kappa shape index (κ3) is 15.7. The zero-order valence-corrected chi connectivity index (χ0v) is 38.4. The van der Waals surface area contributed by atoms with Crippen molar-refractivity contribution in [3.05, 3.63) is 107 Å². The first-order valence-corrected chi connectivity index (χ1v) is 23.6. The predicted octanol–water partition coefficient (Wildman–Crippen LogP) is 12.9. The van der Waals surface area contributed by atoms with Gasteiger partial charge in [0.15, 0.2) is 0 Å². The summed E-state index contributed by atoms with van der Waals surface area (Å²) < 4.78 is 12.7. The van der Waals surface area contributed by atoms with Crippen molar-refractivity contribution in [1.82, 2.24) is 0 Å². The Hall–Kier alpha value is -3.16. The standard InChI is InChI=1S/C49H64Cl4N2O4/c1-5-6-7-10-40-34-45(58-47(56)13-8-11-38-16-20-41(21-17-38)54(29-25-50)30-26-51)49(44-33-37(4)15-24-43(44)36(2)3)46(35-40)59-48(57)14-9-12-39-18-22-42(23-19-39)55(31-27-52)32-28-53/h16-23,33-35,43-44H,2,5-15,24-32H2,1,3-4H3/t43-,44+/m0/s1. The molecule has 0 saturated carbocycles. The van der Waals surface area contributed by atoms with Gasteiger partial charge in [0.1, 0.15) is 11.5 Å². The van der Waals surface area contributed by atoms with Crippen molar-refractivity contribution < 1.29 is 19.1 Å². The maximum Gasteiger partial charge on any atom is 0.311 e. The van der Waals surface area contributed by atoms with E-state index in [2.05, 4.69) is 91.8 Å². The van der Waals surface area contributed by atoms with Crippen LogP contribution >= 0.6 is 46.4 Å². The van der Waals surface area contributed by atoms with E-state index >= 15 is 0 Å². The quantitative estimate of drug-likeness (QED) is 0.0263. The summed E-state index contributed by atoms with van der Waals surface area (Å²) in [5.41, 5.74) is 8.50. The van der Waals surface area contributed by atoms with Crippen LogP contribution in [0.4, 0.5) is 11.4 Å². The third-order valence-corrected chi connectivity index (χ3v) is 11.8. The number of carbonyl (C=O) groups excluding carboxylic acids is 2. The van der Waals surface area contributed by atoms with Crippen LogP contribution in [0.1, 0.15) is 107 Å². The maximum absolute atomic E-state index is 13.7. The van der Waals surface area contributed by atoms with Gasteiger partial charge in [-0.2, -0.15) is 0 Å². The van der Waals surface area contributed by atoms with Gasteiger partial charge in [-0.15, -0.1) is 46.4 Å². The molecule has 2 atom stereocenters. The molecule has 0 spiro atoms. The minimum atomic E-state index is -0.302. The van der Waals surface area contributed by atoms with Crippen molar-refractivity contribution in [3.63, 3.8) is 0 Å². The predicted molar refractivity (Wildman–Crippen MR) is 251 cm³/mol. The van der Waals surface area contributed by atoms with Crippen LogP contribution in [-0.4, -0.2) is 61.6 Å². The van der Waals surface area contributed by atoms with E-state index in [0.717, 1.165) is 117 Å². The lowest BCUT2D eigenvalue weighted by Crippen LogP contribution is -2.27. The molecule has 0 unspecified atom stereocenters. The van der Waals surface area contributed by atoms with E-state index < -0.39 is 0 Å². The molecular weight excluding hydrogens is 822 g/mol. The van der Waals surface area contributed by atoms with E-state index in [1.807, 2.05) is 12.1 Å². The topological polar surface area (TPSA) is 59.1 Å². The Morgan fingerprint density at radius 1 is 0.678 bits per heavy atom. The number of allylic oxidation sites excluding steroid dienone is 3. The lowest BCUT2D eigenvalue weighted by Gasteiger charge is -2.32. The number of unbranched alkanes of at least 4 members (excludes halogenated alkanes) is 2. The first kappa shape index (κ1) is 48.5. The van der Waals surface area contributed by atoms with Gasteiger partial charge in [0.2, 0.25) is 0 Å². The molecule has 0 radical (unpaired) electrons.